The molecule has 0 spiro atoms. The molecule has 0 heterocycles. The van der Waals surface area contributed by atoms with Gasteiger partial charge >= 0.3 is 6.18 Å². The molecule has 0 aliphatic rings. The van der Waals surface area contributed by atoms with E-state index in [1.165, 1.54) is 18.2 Å². The predicted molar refractivity (Wildman–Crippen MR) is 95.1 cm³/mol. The summed E-state index contributed by atoms with van der Waals surface area (Å²) in [4.78, 5) is 24.0. The van der Waals surface area contributed by atoms with Gasteiger partial charge in [-0.25, -0.2) is 0 Å². The molecule has 27 heavy (non-hydrogen) atoms. The van der Waals surface area contributed by atoms with Gasteiger partial charge in [-0.1, -0.05) is 23.7 Å². The molecular weight excluding hydrogens is 385 g/mol. The van der Waals surface area contributed by atoms with Crippen LogP contribution in [0.4, 0.5) is 18.9 Å². The quantitative estimate of drug-likeness (QED) is 0.771. The zero-order valence-electron chi connectivity index (χ0n) is 14.2. The number of carbonyl (C=O) groups is 2. The standard InChI is InChI=1S/C18H16ClF3N2O3/c1-11-8-12(19)6-7-15(11)27-9-16(25)24-14-5-3-2-4-13(14)17(26)23-10-18(20,21)22/h2-8H,9-10H2,1H3,(H,23,26)(H,24,25). The number of carbonyl (C=O) groups excluding carboxylic acids is 2. The summed E-state index contributed by atoms with van der Waals surface area (Å²) in [6, 6.07) is 10.6. The van der Waals surface area contributed by atoms with E-state index in [1.54, 1.807) is 36.5 Å². The maximum atomic E-state index is 12.3. The normalized spacial score (nSPS) is 11.0. The lowest BCUT2D eigenvalue weighted by atomic mass is 10.1. The molecule has 2 amide bonds. The third kappa shape index (κ3) is 6.49. The molecule has 144 valence electrons. The van der Waals surface area contributed by atoms with Crippen LogP contribution in [0, 0.1) is 6.92 Å². The van der Waals surface area contributed by atoms with Crippen molar-refractivity contribution >= 4 is 29.1 Å². The number of hydrogen-bond acceptors (Lipinski definition) is 3. The van der Waals surface area contributed by atoms with Crippen molar-refractivity contribution in [2.75, 3.05) is 18.5 Å². The molecule has 0 aliphatic heterocycles. The fraction of sp³-hybridized carbons (Fsp3) is 0.222. The number of aryl methyl sites for hydroxylation is 1. The van der Waals surface area contributed by atoms with Crippen LogP contribution in [-0.4, -0.2) is 31.1 Å². The molecule has 0 radical (unpaired) electrons. The van der Waals surface area contributed by atoms with Gasteiger partial charge in [-0.2, -0.15) is 13.2 Å². The molecule has 0 saturated carbocycles. The first kappa shape index (κ1) is 20.6. The average Bonchev–Trinajstić information content (AvgIpc) is 2.59. The van der Waals surface area contributed by atoms with Gasteiger partial charge in [0.2, 0.25) is 0 Å². The zero-order valence-corrected chi connectivity index (χ0v) is 14.9. The first-order valence-electron chi connectivity index (χ1n) is 7.78. The van der Waals surface area contributed by atoms with Crippen molar-refractivity contribution in [3.05, 3.63) is 58.6 Å². The number of hydrogen-bond donors (Lipinski definition) is 2. The molecule has 2 N–H and O–H groups in total. The highest BCUT2D eigenvalue weighted by Crippen LogP contribution is 2.22. The molecule has 0 aliphatic carbocycles. The number of halogens is 4. The van der Waals surface area contributed by atoms with Gasteiger partial charge in [0.05, 0.1) is 11.3 Å². The van der Waals surface area contributed by atoms with Crippen molar-refractivity contribution in [3.8, 4) is 5.75 Å². The van der Waals surface area contributed by atoms with Crippen LogP contribution in [0.1, 0.15) is 15.9 Å². The second kappa shape index (κ2) is 8.77. The number of anilines is 1. The van der Waals surface area contributed by atoms with Crippen LogP contribution in [0.2, 0.25) is 5.02 Å². The predicted octanol–water partition coefficient (Wildman–Crippen LogP) is 3.96. The van der Waals surface area contributed by atoms with Crippen LogP contribution in [-0.2, 0) is 4.79 Å². The van der Waals surface area contributed by atoms with E-state index in [1.807, 2.05) is 0 Å². The molecule has 2 aromatic rings. The SMILES string of the molecule is Cc1cc(Cl)ccc1OCC(=O)Nc1ccccc1C(=O)NCC(F)(F)F. The number of amides is 2. The summed E-state index contributed by atoms with van der Waals surface area (Å²) in [5, 5.41) is 4.75. The number of alkyl halides is 3. The van der Waals surface area contributed by atoms with Crippen LogP contribution in [0.3, 0.4) is 0 Å². The van der Waals surface area contributed by atoms with E-state index in [0.717, 1.165) is 5.56 Å². The van der Waals surface area contributed by atoms with Gasteiger partial charge in [-0.3, -0.25) is 9.59 Å². The zero-order chi connectivity index (χ0) is 20.0. The second-order valence-electron chi connectivity index (χ2n) is 5.59. The molecule has 0 aromatic heterocycles. The molecular formula is C18H16ClF3N2O3. The lowest BCUT2D eigenvalue weighted by Crippen LogP contribution is -2.34. The summed E-state index contributed by atoms with van der Waals surface area (Å²) in [5.74, 6) is -1.05. The number of rotatable bonds is 6. The molecule has 0 saturated heterocycles. The van der Waals surface area contributed by atoms with Crippen LogP contribution in [0.15, 0.2) is 42.5 Å². The Morgan fingerprint density at radius 3 is 2.52 bits per heavy atom. The Labute approximate surface area is 158 Å². The van der Waals surface area contributed by atoms with Crippen LogP contribution in [0.25, 0.3) is 0 Å². The van der Waals surface area contributed by atoms with Gasteiger partial charge in [0.25, 0.3) is 11.8 Å². The Morgan fingerprint density at radius 2 is 1.85 bits per heavy atom. The van der Waals surface area contributed by atoms with Gasteiger partial charge in [0, 0.05) is 5.02 Å². The fourth-order valence-corrected chi connectivity index (χ4v) is 2.40. The summed E-state index contributed by atoms with van der Waals surface area (Å²) < 4.78 is 42.2. The molecule has 0 unspecified atom stereocenters. The van der Waals surface area contributed by atoms with E-state index in [4.69, 9.17) is 16.3 Å². The maximum Gasteiger partial charge on any atom is 0.405 e. The highest BCUT2D eigenvalue weighted by Gasteiger charge is 2.28. The van der Waals surface area contributed by atoms with Crippen LogP contribution in [0.5, 0.6) is 5.75 Å². The molecule has 0 atom stereocenters. The van der Waals surface area contributed by atoms with Crippen molar-refractivity contribution in [1.29, 1.82) is 0 Å². The maximum absolute atomic E-state index is 12.3. The minimum absolute atomic E-state index is 0.0820. The van der Waals surface area contributed by atoms with Gasteiger partial charge in [0.15, 0.2) is 6.61 Å². The highest BCUT2D eigenvalue weighted by molar-refractivity contribution is 6.30. The lowest BCUT2D eigenvalue weighted by Gasteiger charge is -2.13. The molecule has 0 fully saturated rings. The van der Waals surface area contributed by atoms with Crippen LogP contribution >= 0.6 is 11.6 Å². The van der Waals surface area contributed by atoms with Crippen LogP contribution < -0.4 is 15.4 Å². The number of ether oxygens (including phenoxy) is 1. The van der Waals surface area contributed by atoms with Crippen molar-refractivity contribution in [3.63, 3.8) is 0 Å². The Morgan fingerprint density at radius 1 is 1.15 bits per heavy atom. The highest BCUT2D eigenvalue weighted by atomic mass is 35.5. The van der Waals surface area contributed by atoms with E-state index in [0.29, 0.717) is 10.8 Å². The van der Waals surface area contributed by atoms with Gasteiger partial charge in [-0.05, 0) is 42.8 Å². The minimum Gasteiger partial charge on any atom is -0.483 e. The Bertz CT molecular complexity index is 841. The van der Waals surface area contributed by atoms with E-state index in [2.05, 4.69) is 5.32 Å². The van der Waals surface area contributed by atoms with Crippen molar-refractivity contribution in [1.82, 2.24) is 5.32 Å². The lowest BCUT2D eigenvalue weighted by molar-refractivity contribution is -0.123. The molecule has 0 bridgehead atoms. The van der Waals surface area contributed by atoms with E-state index < -0.39 is 24.5 Å². The first-order valence-corrected chi connectivity index (χ1v) is 8.16. The van der Waals surface area contributed by atoms with Gasteiger partial charge in [-0.15, -0.1) is 0 Å². The number of nitrogens with one attached hydrogen (secondary N) is 2. The molecule has 9 heteroatoms. The first-order chi connectivity index (χ1) is 12.7. The Kier molecular flexibility index (Phi) is 6.68. The molecule has 2 aromatic carbocycles. The summed E-state index contributed by atoms with van der Waals surface area (Å²) in [5.41, 5.74) is 0.735. The van der Waals surface area contributed by atoms with Gasteiger partial charge in [0.1, 0.15) is 12.3 Å². The van der Waals surface area contributed by atoms with Crippen molar-refractivity contribution < 1.29 is 27.5 Å². The smallest absolute Gasteiger partial charge is 0.405 e. The Hall–Kier alpha value is -2.74. The second-order valence-corrected chi connectivity index (χ2v) is 6.03. The summed E-state index contributed by atoms with van der Waals surface area (Å²) >= 11 is 5.84. The molecule has 2 rings (SSSR count). The van der Waals surface area contributed by atoms with Crippen molar-refractivity contribution in [2.45, 2.75) is 13.1 Å². The van der Waals surface area contributed by atoms with Gasteiger partial charge < -0.3 is 15.4 Å². The third-order valence-electron chi connectivity index (χ3n) is 3.39. The fourth-order valence-electron chi connectivity index (χ4n) is 2.17. The van der Waals surface area contributed by atoms with Crippen molar-refractivity contribution in [2.24, 2.45) is 0 Å². The third-order valence-corrected chi connectivity index (χ3v) is 3.63. The summed E-state index contributed by atoms with van der Waals surface area (Å²) in [7, 11) is 0. The topological polar surface area (TPSA) is 67.4 Å². The Balaban J connectivity index is 2.00. The number of benzene rings is 2. The summed E-state index contributed by atoms with van der Waals surface area (Å²) in [6.45, 7) is -0.0482. The largest absolute Gasteiger partial charge is 0.483 e. The minimum atomic E-state index is -4.53. The van der Waals surface area contributed by atoms with E-state index >= 15 is 0 Å². The molecule has 5 nitrogen and oxygen atoms in total. The van der Waals surface area contributed by atoms with E-state index in [9.17, 15) is 22.8 Å². The number of para-hydroxylation sites is 1. The average molecular weight is 401 g/mol. The van der Waals surface area contributed by atoms with E-state index in [-0.39, 0.29) is 17.9 Å². The summed E-state index contributed by atoms with van der Waals surface area (Å²) in [6.07, 6.45) is -4.53. The monoisotopic (exact) mass is 400 g/mol.